The Kier molecular flexibility index (Phi) is 6.05. The third kappa shape index (κ3) is 4.33. The molecule has 2 aromatic carbocycles. The van der Waals surface area contributed by atoms with E-state index in [4.69, 9.17) is 9.26 Å². The lowest BCUT2D eigenvalue weighted by atomic mass is 10.0. The van der Waals surface area contributed by atoms with E-state index in [1.54, 1.807) is 13.8 Å². The number of fused-ring (bicyclic) bond motifs is 1. The minimum Gasteiger partial charge on any atom is -0.491 e. The molecule has 0 saturated carbocycles. The molecule has 0 radical (unpaired) electrons. The van der Waals surface area contributed by atoms with Gasteiger partial charge in [0.2, 0.25) is 10.0 Å². The summed E-state index contributed by atoms with van der Waals surface area (Å²) in [7, 11) is -3.61. The zero-order valence-corrected chi connectivity index (χ0v) is 19.3. The Hall–Kier alpha value is -2.42. The number of benzene rings is 2. The van der Waals surface area contributed by atoms with E-state index in [1.807, 2.05) is 32.0 Å². The first-order valence-electron chi connectivity index (χ1n) is 10.6. The molecule has 1 aliphatic heterocycles. The molecule has 2 heterocycles. The lowest BCUT2D eigenvalue weighted by Gasteiger charge is -2.34. The average Bonchev–Trinajstić information content (AvgIpc) is 3.08. The zero-order chi connectivity index (χ0) is 22.2. The molecule has 0 N–H and O–H groups in total. The van der Waals surface area contributed by atoms with Crippen molar-refractivity contribution >= 4 is 20.8 Å². The van der Waals surface area contributed by atoms with Crippen molar-refractivity contribution in [2.75, 3.05) is 26.2 Å². The molecule has 3 aromatic rings. The highest BCUT2D eigenvalue weighted by Crippen LogP contribution is 2.31. The summed E-state index contributed by atoms with van der Waals surface area (Å²) >= 11 is 0. The quantitative estimate of drug-likeness (QED) is 0.578. The molecule has 7 nitrogen and oxygen atoms in total. The van der Waals surface area contributed by atoms with Crippen LogP contribution in [-0.4, -0.2) is 55.1 Å². The van der Waals surface area contributed by atoms with Crippen LogP contribution in [0.1, 0.15) is 30.9 Å². The number of aryl methyl sites for hydroxylation is 2. The zero-order valence-electron chi connectivity index (χ0n) is 18.5. The first-order chi connectivity index (χ1) is 14.8. The van der Waals surface area contributed by atoms with E-state index in [1.165, 1.54) is 15.1 Å². The number of rotatable bonds is 6. The normalized spacial score (nSPS) is 16.3. The van der Waals surface area contributed by atoms with Gasteiger partial charge in [-0.15, -0.1) is 0 Å². The first kappa shape index (κ1) is 21.8. The molecule has 1 saturated heterocycles. The van der Waals surface area contributed by atoms with Crippen molar-refractivity contribution in [3.63, 3.8) is 0 Å². The Bertz CT molecular complexity index is 1160. The molecule has 1 aliphatic rings. The molecule has 166 valence electrons. The summed E-state index contributed by atoms with van der Waals surface area (Å²) in [5.41, 5.74) is 1.56. The summed E-state index contributed by atoms with van der Waals surface area (Å²) in [5, 5.41) is 6.15. The van der Waals surface area contributed by atoms with Crippen LogP contribution in [0.3, 0.4) is 0 Å². The van der Waals surface area contributed by atoms with E-state index < -0.39 is 10.0 Å². The molecule has 4 rings (SSSR count). The molecule has 8 heteroatoms. The molecule has 0 amide bonds. The van der Waals surface area contributed by atoms with Gasteiger partial charge in [0.05, 0.1) is 6.10 Å². The van der Waals surface area contributed by atoms with Gasteiger partial charge in [0.15, 0.2) is 5.76 Å². The van der Waals surface area contributed by atoms with Gasteiger partial charge in [-0.25, -0.2) is 8.42 Å². The predicted molar refractivity (Wildman–Crippen MR) is 120 cm³/mol. The monoisotopic (exact) mass is 443 g/mol. The van der Waals surface area contributed by atoms with Crippen LogP contribution in [0.4, 0.5) is 0 Å². The maximum atomic E-state index is 13.1. The minimum atomic E-state index is -3.61. The van der Waals surface area contributed by atoms with E-state index in [2.05, 4.69) is 28.3 Å². The van der Waals surface area contributed by atoms with Crippen LogP contribution in [0.15, 0.2) is 45.8 Å². The summed E-state index contributed by atoms with van der Waals surface area (Å²) in [6.07, 6.45) is 0.0805. The fraction of sp³-hybridized carbons (Fsp3) is 0.435. The SMILES string of the molecule is Cc1noc(C)c1S(=O)(=O)N1CCN(Cc2c(OC(C)C)ccc3ccccc23)CC1. The molecule has 1 fully saturated rings. The number of sulfonamides is 1. The summed E-state index contributed by atoms with van der Waals surface area (Å²) in [4.78, 5) is 2.48. The largest absolute Gasteiger partial charge is 0.491 e. The molecule has 1 aromatic heterocycles. The van der Waals surface area contributed by atoms with E-state index in [0.717, 1.165) is 11.3 Å². The van der Waals surface area contributed by atoms with Crippen molar-refractivity contribution in [1.82, 2.24) is 14.4 Å². The fourth-order valence-corrected chi connectivity index (χ4v) is 5.88. The van der Waals surface area contributed by atoms with Crippen LogP contribution < -0.4 is 4.74 Å². The Balaban J connectivity index is 1.54. The van der Waals surface area contributed by atoms with Crippen LogP contribution in [0.5, 0.6) is 5.75 Å². The number of ether oxygens (including phenoxy) is 1. The van der Waals surface area contributed by atoms with Crippen molar-refractivity contribution in [2.24, 2.45) is 0 Å². The average molecular weight is 444 g/mol. The van der Waals surface area contributed by atoms with Crippen LogP contribution in [-0.2, 0) is 16.6 Å². The molecule has 0 aliphatic carbocycles. The van der Waals surface area contributed by atoms with Crippen molar-refractivity contribution in [1.29, 1.82) is 0 Å². The van der Waals surface area contributed by atoms with Gasteiger partial charge in [-0.1, -0.05) is 35.5 Å². The highest BCUT2D eigenvalue weighted by molar-refractivity contribution is 7.89. The van der Waals surface area contributed by atoms with Gasteiger partial charge in [-0.3, -0.25) is 4.90 Å². The molecule has 31 heavy (non-hydrogen) atoms. The summed E-state index contributed by atoms with van der Waals surface area (Å²) in [6, 6.07) is 12.4. The summed E-state index contributed by atoms with van der Waals surface area (Å²) in [5.74, 6) is 1.23. The smallest absolute Gasteiger partial charge is 0.248 e. The molecular weight excluding hydrogens is 414 g/mol. The second kappa shape index (κ2) is 8.61. The maximum Gasteiger partial charge on any atom is 0.248 e. The van der Waals surface area contributed by atoms with Gasteiger partial charge in [0, 0.05) is 38.3 Å². The second-order valence-corrected chi connectivity index (χ2v) is 10.1. The lowest BCUT2D eigenvalue weighted by molar-refractivity contribution is 0.177. The molecule has 0 unspecified atom stereocenters. The number of aromatic nitrogens is 1. The Morgan fingerprint density at radius 1 is 1.06 bits per heavy atom. The number of piperazine rings is 1. The number of nitrogens with zero attached hydrogens (tertiary/aromatic N) is 3. The van der Waals surface area contributed by atoms with Gasteiger partial charge in [0.1, 0.15) is 16.3 Å². The fourth-order valence-electron chi connectivity index (χ4n) is 4.17. The van der Waals surface area contributed by atoms with Crippen molar-refractivity contribution in [3.05, 3.63) is 53.4 Å². The van der Waals surface area contributed by atoms with Crippen molar-refractivity contribution in [3.8, 4) is 5.75 Å². The third-order valence-electron chi connectivity index (χ3n) is 5.64. The third-order valence-corrected chi connectivity index (χ3v) is 7.78. The Labute approximate surface area is 183 Å². The second-order valence-electron chi connectivity index (χ2n) is 8.26. The Morgan fingerprint density at radius 3 is 2.42 bits per heavy atom. The number of hydrogen-bond acceptors (Lipinski definition) is 6. The highest BCUT2D eigenvalue weighted by atomic mass is 32.2. The van der Waals surface area contributed by atoms with Crippen LogP contribution in [0, 0.1) is 13.8 Å². The summed E-state index contributed by atoms with van der Waals surface area (Å²) < 4.78 is 38.9. The maximum absolute atomic E-state index is 13.1. The van der Waals surface area contributed by atoms with E-state index >= 15 is 0 Å². The molecule has 0 atom stereocenters. The molecule has 0 bridgehead atoms. The van der Waals surface area contributed by atoms with Crippen LogP contribution >= 0.6 is 0 Å². The molecular formula is C23H29N3O4S. The van der Waals surface area contributed by atoms with E-state index in [0.29, 0.717) is 44.2 Å². The summed E-state index contributed by atoms with van der Waals surface area (Å²) in [6.45, 7) is 10.2. The van der Waals surface area contributed by atoms with E-state index in [-0.39, 0.29) is 11.0 Å². The Morgan fingerprint density at radius 2 is 1.77 bits per heavy atom. The van der Waals surface area contributed by atoms with Crippen LogP contribution in [0.25, 0.3) is 10.8 Å². The van der Waals surface area contributed by atoms with Crippen molar-refractivity contribution < 1.29 is 17.7 Å². The van der Waals surface area contributed by atoms with Gasteiger partial charge in [-0.2, -0.15) is 4.31 Å². The predicted octanol–water partition coefficient (Wildman–Crippen LogP) is 3.74. The van der Waals surface area contributed by atoms with E-state index in [9.17, 15) is 8.42 Å². The van der Waals surface area contributed by atoms with Gasteiger partial charge in [0.25, 0.3) is 0 Å². The van der Waals surface area contributed by atoms with Gasteiger partial charge in [-0.05, 0) is 44.5 Å². The highest BCUT2D eigenvalue weighted by Gasteiger charge is 2.33. The topological polar surface area (TPSA) is 75.9 Å². The van der Waals surface area contributed by atoms with Gasteiger partial charge >= 0.3 is 0 Å². The lowest BCUT2D eigenvalue weighted by Crippen LogP contribution is -2.48. The first-order valence-corrected chi connectivity index (χ1v) is 12.0. The minimum absolute atomic E-state index is 0.0805. The van der Waals surface area contributed by atoms with Gasteiger partial charge < -0.3 is 9.26 Å². The van der Waals surface area contributed by atoms with Crippen molar-refractivity contribution in [2.45, 2.75) is 45.2 Å². The standard InChI is InChI=1S/C23H29N3O4S/c1-16(2)29-22-10-9-19-7-5-6-8-20(19)21(22)15-25-11-13-26(14-12-25)31(27,28)23-17(3)24-30-18(23)4/h5-10,16H,11-15H2,1-4H3. The molecule has 0 spiro atoms. The number of hydrogen-bond donors (Lipinski definition) is 0. The van der Waals surface area contributed by atoms with Crippen LogP contribution in [0.2, 0.25) is 0 Å².